The van der Waals surface area contributed by atoms with Crippen LogP contribution >= 0.6 is 11.8 Å². The number of nitrogens with two attached hydrogens (primary N) is 1. The smallest absolute Gasteiger partial charge is 0.124 e. The van der Waals surface area contributed by atoms with Crippen molar-refractivity contribution in [3.63, 3.8) is 0 Å². The van der Waals surface area contributed by atoms with Gasteiger partial charge in [0.2, 0.25) is 0 Å². The van der Waals surface area contributed by atoms with Crippen LogP contribution in [0.25, 0.3) is 0 Å². The highest BCUT2D eigenvalue weighted by molar-refractivity contribution is 7.99. The lowest BCUT2D eigenvalue weighted by atomic mass is 9.91. The molecule has 20 heavy (non-hydrogen) atoms. The van der Waals surface area contributed by atoms with E-state index in [9.17, 15) is 4.39 Å². The van der Waals surface area contributed by atoms with Crippen LogP contribution in [0.1, 0.15) is 24.8 Å². The molecule has 110 valence electrons. The molecule has 2 saturated heterocycles. The lowest BCUT2D eigenvalue weighted by Gasteiger charge is -2.37. The van der Waals surface area contributed by atoms with E-state index in [0.29, 0.717) is 5.75 Å². The molecule has 2 unspecified atom stereocenters. The van der Waals surface area contributed by atoms with E-state index in [4.69, 9.17) is 15.2 Å². The van der Waals surface area contributed by atoms with Crippen molar-refractivity contribution in [2.75, 3.05) is 18.1 Å². The third-order valence-electron chi connectivity index (χ3n) is 4.05. The summed E-state index contributed by atoms with van der Waals surface area (Å²) in [6.45, 7) is 1.03. The molecule has 0 saturated carbocycles. The van der Waals surface area contributed by atoms with Crippen LogP contribution in [0.5, 0.6) is 5.75 Å². The first-order valence-corrected chi connectivity index (χ1v) is 8.23. The molecular formula is C15H20FNO2S. The van der Waals surface area contributed by atoms with E-state index in [1.54, 1.807) is 6.07 Å². The van der Waals surface area contributed by atoms with Crippen molar-refractivity contribution in [1.82, 2.24) is 0 Å². The van der Waals surface area contributed by atoms with E-state index in [-0.39, 0.29) is 24.1 Å². The predicted octanol–water partition coefficient (Wildman–Crippen LogP) is 2.72. The molecular weight excluding hydrogens is 277 g/mol. The van der Waals surface area contributed by atoms with Crippen LogP contribution in [0, 0.1) is 5.82 Å². The second kappa shape index (κ2) is 5.92. The third-order valence-corrected chi connectivity index (χ3v) is 5.27. The molecule has 1 aromatic carbocycles. The fourth-order valence-electron chi connectivity index (χ4n) is 2.95. The van der Waals surface area contributed by atoms with Gasteiger partial charge in [0, 0.05) is 30.7 Å². The summed E-state index contributed by atoms with van der Waals surface area (Å²) >= 11 is 1.95. The predicted molar refractivity (Wildman–Crippen MR) is 78.6 cm³/mol. The van der Waals surface area contributed by atoms with Gasteiger partial charge in [0.1, 0.15) is 17.7 Å². The fourth-order valence-corrected chi connectivity index (χ4v) is 4.33. The van der Waals surface area contributed by atoms with E-state index in [1.807, 2.05) is 11.8 Å². The minimum absolute atomic E-state index is 0.00348. The molecule has 0 aliphatic carbocycles. The molecule has 1 spiro atoms. The minimum atomic E-state index is -0.270. The van der Waals surface area contributed by atoms with Crippen molar-refractivity contribution in [1.29, 1.82) is 0 Å². The van der Waals surface area contributed by atoms with E-state index in [1.165, 1.54) is 12.1 Å². The van der Waals surface area contributed by atoms with Gasteiger partial charge in [-0.05, 0) is 30.4 Å². The van der Waals surface area contributed by atoms with Crippen LogP contribution < -0.4 is 10.5 Å². The van der Waals surface area contributed by atoms with Gasteiger partial charge in [0.05, 0.1) is 12.2 Å². The number of benzene rings is 1. The number of hydrogen-bond acceptors (Lipinski definition) is 4. The molecule has 2 aliphatic rings. The SMILES string of the molecule is NCc1cc(F)ccc1OC1CCOC2(CCSC2)C1. The first-order valence-electron chi connectivity index (χ1n) is 7.08. The molecule has 0 bridgehead atoms. The van der Waals surface area contributed by atoms with E-state index in [0.717, 1.165) is 42.9 Å². The van der Waals surface area contributed by atoms with E-state index >= 15 is 0 Å². The van der Waals surface area contributed by atoms with Crippen LogP contribution in [-0.4, -0.2) is 29.8 Å². The Morgan fingerprint density at radius 3 is 3.15 bits per heavy atom. The molecule has 2 atom stereocenters. The van der Waals surface area contributed by atoms with Gasteiger partial charge in [0.15, 0.2) is 0 Å². The summed E-state index contributed by atoms with van der Waals surface area (Å²) in [6, 6.07) is 4.56. The highest BCUT2D eigenvalue weighted by Crippen LogP contribution is 2.39. The maximum atomic E-state index is 13.2. The standard InChI is InChI=1S/C15H20FNO2S/c16-12-1-2-14(11(7-12)9-17)19-13-3-5-18-15(8-13)4-6-20-10-15/h1-2,7,13H,3-6,8-10,17H2. The molecule has 3 nitrogen and oxygen atoms in total. The van der Waals surface area contributed by atoms with Gasteiger partial charge in [-0.25, -0.2) is 4.39 Å². The van der Waals surface area contributed by atoms with Crippen LogP contribution in [0.3, 0.4) is 0 Å². The van der Waals surface area contributed by atoms with Crippen molar-refractivity contribution < 1.29 is 13.9 Å². The summed E-state index contributed by atoms with van der Waals surface area (Å²) in [7, 11) is 0. The number of ether oxygens (including phenoxy) is 2. The molecule has 0 amide bonds. The summed E-state index contributed by atoms with van der Waals surface area (Å²) in [5, 5.41) is 0. The van der Waals surface area contributed by atoms with E-state index in [2.05, 4.69) is 0 Å². The molecule has 3 rings (SSSR count). The number of rotatable bonds is 3. The zero-order valence-electron chi connectivity index (χ0n) is 11.4. The molecule has 2 aliphatic heterocycles. The molecule has 1 aromatic rings. The Kier molecular flexibility index (Phi) is 4.19. The van der Waals surface area contributed by atoms with E-state index < -0.39 is 0 Å². The molecule has 5 heteroatoms. The Bertz CT molecular complexity index is 477. The topological polar surface area (TPSA) is 44.5 Å². The van der Waals surface area contributed by atoms with Crippen LogP contribution in [0.2, 0.25) is 0 Å². The van der Waals surface area contributed by atoms with Crippen molar-refractivity contribution in [2.45, 2.75) is 37.5 Å². The Labute approximate surface area is 123 Å². The zero-order chi connectivity index (χ0) is 14.0. The van der Waals surface area contributed by atoms with Crippen molar-refractivity contribution in [3.05, 3.63) is 29.6 Å². The van der Waals surface area contributed by atoms with Gasteiger partial charge in [0.25, 0.3) is 0 Å². The Morgan fingerprint density at radius 1 is 1.50 bits per heavy atom. The van der Waals surface area contributed by atoms with Crippen molar-refractivity contribution in [3.8, 4) is 5.75 Å². The van der Waals surface area contributed by atoms with Gasteiger partial charge < -0.3 is 15.2 Å². The molecule has 0 radical (unpaired) electrons. The highest BCUT2D eigenvalue weighted by Gasteiger charge is 2.41. The first kappa shape index (κ1) is 14.2. The minimum Gasteiger partial charge on any atom is -0.490 e. The lowest BCUT2D eigenvalue weighted by molar-refractivity contribution is -0.0960. The van der Waals surface area contributed by atoms with Gasteiger partial charge >= 0.3 is 0 Å². The normalized spacial score (nSPS) is 29.8. The second-order valence-electron chi connectivity index (χ2n) is 5.52. The zero-order valence-corrected chi connectivity index (χ0v) is 12.3. The van der Waals surface area contributed by atoms with Crippen LogP contribution in [-0.2, 0) is 11.3 Å². The summed E-state index contributed by atoms with van der Waals surface area (Å²) in [6.07, 6.45) is 3.04. The average molecular weight is 297 g/mol. The summed E-state index contributed by atoms with van der Waals surface area (Å²) in [4.78, 5) is 0. The largest absolute Gasteiger partial charge is 0.490 e. The Balaban J connectivity index is 1.71. The fraction of sp³-hybridized carbons (Fsp3) is 0.600. The summed E-state index contributed by atoms with van der Waals surface area (Å²) in [5.74, 6) is 2.66. The quantitative estimate of drug-likeness (QED) is 0.931. The first-order chi connectivity index (χ1) is 9.71. The van der Waals surface area contributed by atoms with Gasteiger partial charge in [-0.1, -0.05) is 0 Å². The highest BCUT2D eigenvalue weighted by atomic mass is 32.2. The monoisotopic (exact) mass is 297 g/mol. The molecule has 2 fully saturated rings. The Morgan fingerprint density at radius 2 is 2.40 bits per heavy atom. The van der Waals surface area contributed by atoms with Crippen LogP contribution in [0.4, 0.5) is 4.39 Å². The van der Waals surface area contributed by atoms with Crippen LogP contribution in [0.15, 0.2) is 18.2 Å². The van der Waals surface area contributed by atoms with Crippen molar-refractivity contribution >= 4 is 11.8 Å². The maximum absolute atomic E-state index is 13.2. The van der Waals surface area contributed by atoms with Gasteiger partial charge in [-0.2, -0.15) is 11.8 Å². The average Bonchev–Trinajstić information content (AvgIpc) is 2.89. The number of hydrogen-bond donors (Lipinski definition) is 1. The van der Waals surface area contributed by atoms with Gasteiger partial charge in [-0.15, -0.1) is 0 Å². The lowest BCUT2D eigenvalue weighted by Crippen LogP contribution is -2.43. The van der Waals surface area contributed by atoms with Crippen molar-refractivity contribution in [2.24, 2.45) is 5.73 Å². The Hall–Kier alpha value is -0.780. The molecule has 0 aromatic heterocycles. The molecule has 2 heterocycles. The number of thioether (sulfide) groups is 1. The summed E-state index contributed by atoms with van der Waals surface area (Å²) < 4.78 is 25.3. The molecule has 2 N–H and O–H groups in total. The number of halogens is 1. The maximum Gasteiger partial charge on any atom is 0.124 e. The second-order valence-corrected chi connectivity index (χ2v) is 6.63. The summed E-state index contributed by atoms with van der Waals surface area (Å²) in [5.41, 5.74) is 6.39. The third kappa shape index (κ3) is 2.95. The van der Waals surface area contributed by atoms with Gasteiger partial charge in [-0.3, -0.25) is 0 Å².